The zero-order chi connectivity index (χ0) is 11.9. The molecular weight excluding hydrogens is 196 g/mol. The minimum absolute atomic E-state index is 0.878. The summed E-state index contributed by atoms with van der Waals surface area (Å²) < 4.78 is 0. The van der Waals surface area contributed by atoms with Gasteiger partial charge in [-0.05, 0) is 23.2 Å². The molecular formula is C14H28Si. The van der Waals surface area contributed by atoms with Gasteiger partial charge in [0.2, 0.25) is 0 Å². The van der Waals surface area contributed by atoms with Crippen molar-refractivity contribution in [1.29, 1.82) is 0 Å². The highest BCUT2D eigenvalue weighted by Crippen LogP contribution is 2.43. The maximum absolute atomic E-state index is 3.96. The zero-order valence-electron chi connectivity index (χ0n) is 11.1. The van der Waals surface area contributed by atoms with Crippen LogP contribution < -0.4 is 0 Å². The molecule has 0 spiro atoms. The molecule has 15 heavy (non-hydrogen) atoms. The van der Waals surface area contributed by atoms with Crippen LogP contribution >= 0.6 is 0 Å². The van der Waals surface area contributed by atoms with Crippen LogP contribution in [0.5, 0.6) is 0 Å². The molecule has 0 saturated heterocycles. The topological polar surface area (TPSA) is 0 Å². The van der Waals surface area contributed by atoms with Gasteiger partial charge < -0.3 is 0 Å². The van der Waals surface area contributed by atoms with Gasteiger partial charge in [-0.2, -0.15) is 0 Å². The Morgan fingerprint density at radius 3 is 1.47 bits per heavy atom. The number of allylic oxidation sites excluding steroid dienone is 2. The van der Waals surface area contributed by atoms with Crippen molar-refractivity contribution in [2.45, 2.75) is 63.7 Å². The Morgan fingerprint density at radius 2 is 1.27 bits per heavy atom. The Kier molecular flexibility index (Phi) is 6.91. The third-order valence-corrected chi connectivity index (χ3v) is 11.1. The van der Waals surface area contributed by atoms with Crippen LogP contribution in [0.1, 0.15) is 40.5 Å². The van der Waals surface area contributed by atoms with Crippen LogP contribution in [0.4, 0.5) is 0 Å². The van der Waals surface area contributed by atoms with Crippen LogP contribution in [0.3, 0.4) is 0 Å². The van der Waals surface area contributed by atoms with Crippen molar-refractivity contribution in [3.8, 4) is 0 Å². The summed E-state index contributed by atoms with van der Waals surface area (Å²) in [5.74, 6) is 0. The van der Waals surface area contributed by atoms with Gasteiger partial charge in [0, 0.05) is 0 Å². The fourth-order valence-corrected chi connectivity index (χ4v) is 8.17. The summed E-state index contributed by atoms with van der Waals surface area (Å²) in [6, 6.07) is 2.51. The molecule has 2 unspecified atom stereocenters. The van der Waals surface area contributed by atoms with Crippen molar-refractivity contribution in [1.82, 2.24) is 0 Å². The molecule has 0 bridgehead atoms. The standard InChI is InChI=1S/C14H28Si/c1-7-11-15(12-8-2,13(5)9-3)14(6)10-4/h7-8,13-14H,1-2,9-12H2,3-6H3. The average molecular weight is 224 g/mol. The predicted octanol–water partition coefficient (Wildman–Crippen LogP) is 5.41. The molecule has 2 atom stereocenters. The largest absolute Gasteiger partial charge is 0.103 e. The molecule has 0 aromatic carbocycles. The molecule has 0 fully saturated rings. The van der Waals surface area contributed by atoms with E-state index in [0.29, 0.717) is 0 Å². The SMILES string of the molecule is C=CC[Si](CC=C)(C(C)CC)C(C)CC. The lowest BCUT2D eigenvalue weighted by molar-refractivity contribution is 0.747. The summed E-state index contributed by atoms with van der Waals surface area (Å²) >= 11 is 0. The first kappa shape index (κ1) is 14.7. The molecule has 0 N–H and O–H groups in total. The Morgan fingerprint density at radius 1 is 0.933 bits per heavy atom. The summed E-state index contributed by atoms with van der Waals surface area (Å²) in [6.07, 6.45) is 6.90. The van der Waals surface area contributed by atoms with Gasteiger partial charge in [-0.25, -0.2) is 0 Å². The summed E-state index contributed by atoms with van der Waals surface area (Å²) in [5, 5.41) is 0. The van der Waals surface area contributed by atoms with Gasteiger partial charge in [0.1, 0.15) is 0 Å². The molecule has 0 heterocycles. The van der Waals surface area contributed by atoms with E-state index in [1.165, 1.54) is 24.9 Å². The molecule has 1 heteroatoms. The smallest absolute Gasteiger partial charge is 0.0667 e. The van der Waals surface area contributed by atoms with E-state index < -0.39 is 8.07 Å². The van der Waals surface area contributed by atoms with Crippen molar-refractivity contribution >= 4 is 8.07 Å². The first-order valence-corrected chi connectivity index (χ1v) is 8.87. The Hall–Kier alpha value is -0.303. The van der Waals surface area contributed by atoms with Crippen molar-refractivity contribution in [3.63, 3.8) is 0 Å². The quantitative estimate of drug-likeness (QED) is 0.382. The second kappa shape index (κ2) is 7.05. The fraction of sp³-hybridized carbons (Fsp3) is 0.714. The van der Waals surface area contributed by atoms with Gasteiger partial charge >= 0.3 is 0 Å². The summed E-state index contributed by atoms with van der Waals surface area (Å²) in [5.41, 5.74) is 1.76. The van der Waals surface area contributed by atoms with E-state index in [9.17, 15) is 0 Å². The van der Waals surface area contributed by atoms with Crippen molar-refractivity contribution in [2.24, 2.45) is 0 Å². The summed E-state index contributed by atoms with van der Waals surface area (Å²) in [6.45, 7) is 17.4. The average Bonchev–Trinajstić information content (AvgIpc) is 2.26. The Bertz CT molecular complexity index is 174. The lowest BCUT2D eigenvalue weighted by atomic mass is 10.3. The van der Waals surface area contributed by atoms with E-state index in [-0.39, 0.29) is 0 Å². The predicted molar refractivity (Wildman–Crippen MR) is 75.2 cm³/mol. The molecule has 0 nitrogen and oxygen atoms in total. The van der Waals surface area contributed by atoms with Crippen LogP contribution in [0.25, 0.3) is 0 Å². The lowest BCUT2D eigenvalue weighted by Gasteiger charge is -2.41. The third-order valence-electron chi connectivity index (χ3n) is 4.24. The maximum Gasteiger partial charge on any atom is 0.0667 e. The maximum atomic E-state index is 3.96. The van der Waals surface area contributed by atoms with Gasteiger partial charge in [-0.3, -0.25) is 0 Å². The fourth-order valence-electron chi connectivity index (χ4n) is 2.72. The van der Waals surface area contributed by atoms with E-state index >= 15 is 0 Å². The van der Waals surface area contributed by atoms with Crippen molar-refractivity contribution in [3.05, 3.63) is 25.3 Å². The molecule has 0 aromatic rings. The first-order chi connectivity index (χ1) is 7.08. The van der Waals surface area contributed by atoms with E-state index in [1.807, 2.05) is 0 Å². The molecule has 0 aromatic heterocycles. The van der Waals surface area contributed by atoms with Gasteiger partial charge in [0.15, 0.2) is 0 Å². The molecule has 0 aliphatic carbocycles. The first-order valence-electron chi connectivity index (χ1n) is 6.30. The summed E-state index contributed by atoms with van der Waals surface area (Å²) in [4.78, 5) is 0. The number of hydrogen-bond donors (Lipinski definition) is 0. The normalized spacial score (nSPS) is 15.7. The van der Waals surface area contributed by atoms with Gasteiger partial charge in [0.25, 0.3) is 0 Å². The van der Waals surface area contributed by atoms with Gasteiger partial charge in [0.05, 0.1) is 8.07 Å². The molecule has 0 saturated carbocycles. The van der Waals surface area contributed by atoms with Crippen molar-refractivity contribution in [2.75, 3.05) is 0 Å². The molecule has 0 aliphatic heterocycles. The van der Waals surface area contributed by atoms with Crippen LogP contribution in [-0.4, -0.2) is 8.07 Å². The summed E-state index contributed by atoms with van der Waals surface area (Å²) in [7, 11) is -1.24. The van der Waals surface area contributed by atoms with Crippen LogP contribution in [0.15, 0.2) is 25.3 Å². The second-order valence-electron chi connectivity index (χ2n) is 4.84. The molecule has 0 amide bonds. The van der Waals surface area contributed by atoms with E-state index in [1.54, 1.807) is 0 Å². The molecule has 0 radical (unpaired) electrons. The zero-order valence-corrected chi connectivity index (χ0v) is 12.1. The van der Waals surface area contributed by atoms with E-state index in [4.69, 9.17) is 0 Å². The van der Waals surface area contributed by atoms with Crippen molar-refractivity contribution < 1.29 is 0 Å². The Balaban J connectivity index is 5.03. The van der Waals surface area contributed by atoms with E-state index in [0.717, 1.165) is 11.1 Å². The highest BCUT2D eigenvalue weighted by Gasteiger charge is 2.39. The number of hydrogen-bond acceptors (Lipinski definition) is 0. The Labute approximate surface area is 97.5 Å². The van der Waals surface area contributed by atoms with Crippen LogP contribution in [0, 0.1) is 0 Å². The van der Waals surface area contributed by atoms with Gasteiger partial charge in [-0.15, -0.1) is 13.2 Å². The van der Waals surface area contributed by atoms with E-state index in [2.05, 4.69) is 53.0 Å². The highest BCUT2D eigenvalue weighted by atomic mass is 28.3. The van der Waals surface area contributed by atoms with Crippen LogP contribution in [-0.2, 0) is 0 Å². The lowest BCUT2D eigenvalue weighted by Crippen LogP contribution is -2.41. The minimum Gasteiger partial charge on any atom is -0.103 e. The minimum atomic E-state index is -1.24. The molecule has 88 valence electrons. The molecule has 0 aliphatic rings. The highest BCUT2D eigenvalue weighted by molar-refractivity contribution is 6.83. The van der Waals surface area contributed by atoms with Gasteiger partial charge in [-0.1, -0.05) is 52.7 Å². The second-order valence-corrected chi connectivity index (χ2v) is 10.1. The number of rotatable bonds is 8. The monoisotopic (exact) mass is 224 g/mol. The molecule has 0 rings (SSSR count). The van der Waals surface area contributed by atoms with Crippen LogP contribution in [0.2, 0.25) is 23.2 Å². The third kappa shape index (κ3) is 3.34.